The highest BCUT2D eigenvalue weighted by Gasteiger charge is 2.10. The number of imidazole rings is 1. The molecule has 0 aliphatic heterocycles. The summed E-state index contributed by atoms with van der Waals surface area (Å²) in [7, 11) is 0. The van der Waals surface area contributed by atoms with Crippen LogP contribution in [0.3, 0.4) is 0 Å². The molecule has 0 saturated carbocycles. The molecular formula is C13H23N3O. The van der Waals surface area contributed by atoms with Crippen LogP contribution in [0.4, 0.5) is 0 Å². The standard InChI is InChI=1S/C13H23N3O/c1-5-11(6-2)15-13(17)9-16-8-12(7-3)14-10(16)4/h8,11H,5-7,9H2,1-4H3,(H,15,17). The number of carbonyl (C=O) groups is 1. The molecule has 0 aliphatic rings. The Kier molecular flexibility index (Phi) is 5.19. The Hall–Kier alpha value is -1.32. The molecule has 1 aromatic heterocycles. The largest absolute Gasteiger partial charge is 0.352 e. The fourth-order valence-corrected chi connectivity index (χ4v) is 1.83. The highest BCUT2D eigenvalue weighted by Crippen LogP contribution is 2.03. The number of nitrogens with zero attached hydrogens (tertiary/aromatic N) is 2. The number of aromatic nitrogens is 2. The molecule has 0 spiro atoms. The molecule has 4 nitrogen and oxygen atoms in total. The fourth-order valence-electron chi connectivity index (χ4n) is 1.83. The highest BCUT2D eigenvalue weighted by molar-refractivity contribution is 5.76. The number of nitrogens with one attached hydrogen (secondary N) is 1. The van der Waals surface area contributed by atoms with Crippen LogP contribution in [0, 0.1) is 6.92 Å². The van der Waals surface area contributed by atoms with Crippen molar-refractivity contribution in [1.82, 2.24) is 14.9 Å². The van der Waals surface area contributed by atoms with E-state index in [-0.39, 0.29) is 11.9 Å². The lowest BCUT2D eigenvalue weighted by Crippen LogP contribution is -2.36. The molecule has 1 amide bonds. The van der Waals surface area contributed by atoms with Gasteiger partial charge in [-0.1, -0.05) is 20.8 Å². The van der Waals surface area contributed by atoms with Crippen LogP contribution in [-0.4, -0.2) is 21.5 Å². The number of amides is 1. The predicted molar refractivity (Wildman–Crippen MR) is 68.9 cm³/mol. The smallest absolute Gasteiger partial charge is 0.240 e. The van der Waals surface area contributed by atoms with Crippen molar-refractivity contribution < 1.29 is 4.79 Å². The SMILES string of the molecule is CCc1cn(CC(=O)NC(CC)CC)c(C)n1. The van der Waals surface area contributed by atoms with E-state index in [0.29, 0.717) is 6.54 Å². The molecule has 96 valence electrons. The van der Waals surface area contributed by atoms with Gasteiger partial charge in [0.1, 0.15) is 12.4 Å². The summed E-state index contributed by atoms with van der Waals surface area (Å²) in [5, 5.41) is 3.03. The van der Waals surface area contributed by atoms with Crippen molar-refractivity contribution in [1.29, 1.82) is 0 Å². The Balaban J connectivity index is 2.58. The summed E-state index contributed by atoms with van der Waals surface area (Å²) in [6, 6.07) is 0.289. The van der Waals surface area contributed by atoms with Gasteiger partial charge in [0.2, 0.25) is 5.91 Å². The van der Waals surface area contributed by atoms with Gasteiger partial charge in [0.25, 0.3) is 0 Å². The molecule has 0 aromatic carbocycles. The zero-order valence-corrected chi connectivity index (χ0v) is 11.3. The van der Waals surface area contributed by atoms with E-state index >= 15 is 0 Å². The van der Waals surface area contributed by atoms with Gasteiger partial charge in [-0.15, -0.1) is 0 Å². The molecule has 0 saturated heterocycles. The van der Waals surface area contributed by atoms with Crippen molar-refractivity contribution in [2.45, 2.75) is 59.5 Å². The first-order chi connectivity index (χ1) is 8.10. The Morgan fingerprint density at radius 3 is 2.53 bits per heavy atom. The van der Waals surface area contributed by atoms with Crippen molar-refractivity contribution in [3.05, 3.63) is 17.7 Å². The average molecular weight is 237 g/mol. The first-order valence-electron chi connectivity index (χ1n) is 6.42. The predicted octanol–water partition coefficient (Wildman–Crippen LogP) is 2.06. The van der Waals surface area contributed by atoms with Gasteiger partial charge in [-0.25, -0.2) is 4.98 Å². The van der Waals surface area contributed by atoms with Crippen LogP contribution in [0.15, 0.2) is 6.20 Å². The summed E-state index contributed by atoms with van der Waals surface area (Å²) < 4.78 is 1.91. The Labute approximate surface area is 103 Å². The maximum absolute atomic E-state index is 11.8. The van der Waals surface area contributed by atoms with E-state index in [2.05, 4.69) is 31.1 Å². The van der Waals surface area contributed by atoms with Crippen molar-refractivity contribution in [2.75, 3.05) is 0 Å². The van der Waals surface area contributed by atoms with Crippen molar-refractivity contribution >= 4 is 5.91 Å². The molecule has 17 heavy (non-hydrogen) atoms. The van der Waals surface area contributed by atoms with Crippen LogP contribution in [0.2, 0.25) is 0 Å². The molecule has 0 unspecified atom stereocenters. The van der Waals surface area contributed by atoms with Crippen molar-refractivity contribution in [3.8, 4) is 0 Å². The summed E-state index contributed by atoms with van der Waals surface area (Å²) in [6.45, 7) is 8.55. The minimum absolute atomic E-state index is 0.0712. The van der Waals surface area contributed by atoms with E-state index in [9.17, 15) is 4.79 Å². The van der Waals surface area contributed by atoms with Gasteiger partial charge in [0.15, 0.2) is 0 Å². The second-order valence-electron chi connectivity index (χ2n) is 4.34. The second kappa shape index (κ2) is 6.42. The van der Waals surface area contributed by atoms with E-state index in [1.54, 1.807) is 0 Å². The molecule has 0 atom stereocenters. The number of aryl methyl sites for hydroxylation is 2. The third-order valence-electron chi connectivity index (χ3n) is 3.05. The highest BCUT2D eigenvalue weighted by atomic mass is 16.2. The van der Waals surface area contributed by atoms with Crippen LogP contribution in [0.25, 0.3) is 0 Å². The third-order valence-corrected chi connectivity index (χ3v) is 3.05. The van der Waals surface area contributed by atoms with E-state index in [1.807, 2.05) is 17.7 Å². The molecule has 0 aliphatic carbocycles. The van der Waals surface area contributed by atoms with Crippen LogP contribution in [0.1, 0.15) is 45.1 Å². The maximum Gasteiger partial charge on any atom is 0.240 e. The summed E-state index contributed by atoms with van der Waals surface area (Å²) in [4.78, 5) is 16.2. The first kappa shape index (κ1) is 13.7. The van der Waals surface area contributed by atoms with Crippen LogP contribution in [0.5, 0.6) is 0 Å². The van der Waals surface area contributed by atoms with Gasteiger partial charge in [0.05, 0.1) is 5.69 Å². The maximum atomic E-state index is 11.8. The molecule has 0 bridgehead atoms. The molecule has 4 heteroatoms. The van der Waals surface area contributed by atoms with E-state index in [4.69, 9.17) is 0 Å². The minimum atomic E-state index is 0.0712. The topological polar surface area (TPSA) is 46.9 Å². The van der Waals surface area contributed by atoms with E-state index in [0.717, 1.165) is 30.8 Å². The monoisotopic (exact) mass is 237 g/mol. The molecule has 1 N–H and O–H groups in total. The lowest BCUT2D eigenvalue weighted by atomic mass is 10.2. The summed E-state index contributed by atoms with van der Waals surface area (Å²) >= 11 is 0. The summed E-state index contributed by atoms with van der Waals surface area (Å²) in [6.07, 6.45) is 4.82. The number of hydrogen-bond donors (Lipinski definition) is 1. The zero-order chi connectivity index (χ0) is 12.8. The van der Waals surface area contributed by atoms with Gasteiger partial charge >= 0.3 is 0 Å². The van der Waals surface area contributed by atoms with Crippen LogP contribution in [-0.2, 0) is 17.8 Å². The first-order valence-corrected chi connectivity index (χ1v) is 6.42. The van der Waals surface area contributed by atoms with Gasteiger partial charge in [0, 0.05) is 12.2 Å². The quantitative estimate of drug-likeness (QED) is 0.823. The molecule has 0 radical (unpaired) electrons. The lowest BCUT2D eigenvalue weighted by molar-refractivity contribution is -0.122. The Bertz CT molecular complexity index is 367. The van der Waals surface area contributed by atoms with Crippen molar-refractivity contribution in [3.63, 3.8) is 0 Å². The van der Waals surface area contributed by atoms with E-state index in [1.165, 1.54) is 0 Å². The van der Waals surface area contributed by atoms with Crippen LogP contribution < -0.4 is 5.32 Å². The second-order valence-corrected chi connectivity index (χ2v) is 4.34. The third kappa shape index (κ3) is 3.88. The molecule has 1 heterocycles. The normalized spacial score (nSPS) is 10.9. The van der Waals surface area contributed by atoms with Gasteiger partial charge in [-0.05, 0) is 26.2 Å². The molecule has 0 fully saturated rings. The van der Waals surface area contributed by atoms with Gasteiger partial charge < -0.3 is 9.88 Å². The van der Waals surface area contributed by atoms with Crippen molar-refractivity contribution in [2.24, 2.45) is 0 Å². The number of carbonyl (C=O) groups excluding carboxylic acids is 1. The number of hydrogen-bond acceptors (Lipinski definition) is 2. The average Bonchev–Trinajstić information content (AvgIpc) is 2.67. The fraction of sp³-hybridized carbons (Fsp3) is 0.692. The summed E-state index contributed by atoms with van der Waals surface area (Å²) in [5.41, 5.74) is 1.04. The minimum Gasteiger partial charge on any atom is -0.352 e. The molecule has 1 aromatic rings. The zero-order valence-electron chi connectivity index (χ0n) is 11.3. The van der Waals surface area contributed by atoms with Gasteiger partial charge in [-0.2, -0.15) is 0 Å². The van der Waals surface area contributed by atoms with Gasteiger partial charge in [-0.3, -0.25) is 4.79 Å². The van der Waals surface area contributed by atoms with Crippen LogP contribution >= 0.6 is 0 Å². The lowest BCUT2D eigenvalue weighted by Gasteiger charge is -2.15. The molecular weight excluding hydrogens is 214 g/mol. The van der Waals surface area contributed by atoms with E-state index < -0.39 is 0 Å². The number of rotatable bonds is 6. The molecule has 1 rings (SSSR count). The Morgan fingerprint density at radius 2 is 2.06 bits per heavy atom. The Morgan fingerprint density at radius 1 is 1.41 bits per heavy atom. The summed E-state index contributed by atoms with van der Waals surface area (Å²) in [5.74, 6) is 0.975.